The fourth-order valence-corrected chi connectivity index (χ4v) is 1.55. The Labute approximate surface area is 98.5 Å². The van der Waals surface area contributed by atoms with Crippen molar-refractivity contribution in [3.63, 3.8) is 0 Å². The largest absolute Gasteiger partial charge is 0.548 e. The summed E-state index contributed by atoms with van der Waals surface area (Å²) in [4.78, 5) is 18.9. The number of rotatable bonds is 3. The molecule has 17 heavy (non-hydrogen) atoms. The van der Waals surface area contributed by atoms with Crippen molar-refractivity contribution in [2.75, 3.05) is 5.32 Å². The van der Waals surface area contributed by atoms with Crippen LogP contribution in [-0.4, -0.2) is 22.0 Å². The maximum Gasteiger partial charge on any atom is 0.137 e. The molecule has 1 aromatic heterocycles. The number of fused-ring (bicyclic) bond motifs is 1. The Balaban J connectivity index is 2.46. The number of anilines is 1. The number of aryl methyl sites for hydroxylation is 1. The van der Waals surface area contributed by atoms with Gasteiger partial charge in [0.05, 0.1) is 17.5 Å². The maximum atomic E-state index is 10.7. The van der Waals surface area contributed by atoms with Crippen LogP contribution in [0.4, 0.5) is 5.82 Å². The van der Waals surface area contributed by atoms with Crippen LogP contribution in [0.5, 0.6) is 0 Å². The molecule has 1 unspecified atom stereocenters. The molecule has 0 aliphatic rings. The molecule has 0 saturated heterocycles. The van der Waals surface area contributed by atoms with E-state index in [1.165, 1.54) is 13.3 Å². The summed E-state index contributed by atoms with van der Waals surface area (Å²) in [5.74, 6) is -0.653. The summed E-state index contributed by atoms with van der Waals surface area (Å²) in [6.07, 6.45) is 1.40. The van der Waals surface area contributed by atoms with Crippen molar-refractivity contribution < 1.29 is 9.90 Å². The van der Waals surface area contributed by atoms with Gasteiger partial charge in [-0.2, -0.15) is 0 Å². The highest BCUT2D eigenvalue weighted by Crippen LogP contribution is 2.20. The third-order valence-corrected chi connectivity index (χ3v) is 2.50. The van der Waals surface area contributed by atoms with Crippen molar-refractivity contribution in [2.45, 2.75) is 19.9 Å². The van der Waals surface area contributed by atoms with Crippen LogP contribution in [0, 0.1) is 6.92 Å². The van der Waals surface area contributed by atoms with Crippen LogP contribution in [0.3, 0.4) is 0 Å². The summed E-state index contributed by atoms with van der Waals surface area (Å²) in [7, 11) is 0. The van der Waals surface area contributed by atoms with Gasteiger partial charge in [0.15, 0.2) is 0 Å². The molecule has 0 saturated carbocycles. The van der Waals surface area contributed by atoms with E-state index in [0.717, 1.165) is 16.5 Å². The van der Waals surface area contributed by atoms with Gasteiger partial charge in [0, 0.05) is 5.39 Å². The molecule has 0 bridgehead atoms. The first-order valence-corrected chi connectivity index (χ1v) is 5.26. The van der Waals surface area contributed by atoms with Crippen LogP contribution >= 0.6 is 0 Å². The summed E-state index contributed by atoms with van der Waals surface area (Å²) in [5, 5.41) is 14.3. The van der Waals surface area contributed by atoms with Crippen molar-refractivity contribution in [3.05, 3.63) is 30.1 Å². The first-order chi connectivity index (χ1) is 8.08. The Kier molecular flexibility index (Phi) is 2.91. The van der Waals surface area contributed by atoms with Crippen LogP contribution in [0.15, 0.2) is 24.5 Å². The molecule has 2 rings (SSSR count). The van der Waals surface area contributed by atoms with E-state index in [4.69, 9.17) is 0 Å². The van der Waals surface area contributed by atoms with Crippen molar-refractivity contribution in [1.29, 1.82) is 0 Å². The molecule has 2 aromatic rings. The highest BCUT2D eigenvalue weighted by atomic mass is 16.4. The second-order valence-corrected chi connectivity index (χ2v) is 3.93. The highest BCUT2D eigenvalue weighted by Gasteiger charge is 2.07. The Morgan fingerprint density at radius 1 is 1.41 bits per heavy atom. The Bertz CT molecular complexity index is 569. The number of aliphatic carboxylic acids is 1. The van der Waals surface area contributed by atoms with Gasteiger partial charge in [0.2, 0.25) is 0 Å². The lowest BCUT2D eigenvalue weighted by Gasteiger charge is -2.16. The minimum absolute atomic E-state index is 0.510. The molecule has 5 nitrogen and oxygen atoms in total. The second-order valence-electron chi connectivity index (χ2n) is 3.93. The summed E-state index contributed by atoms with van der Waals surface area (Å²) in [6.45, 7) is 3.47. The lowest BCUT2D eigenvalue weighted by atomic mass is 10.1. The first-order valence-electron chi connectivity index (χ1n) is 5.26. The first kappa shape index (κ1) is 11.3. The molecule has 1 aromatic carbocycles. The standard InChI is InChI=1S/C12H13N3O2/c1-7-3-4-10-9(5-7)11(14-6-13-10)15-8(2)12(16)17/h3-6,8H,1-2H3,(H,16,17)(H,13,14,15)/p-1. The van der Waals surface area contributed by atoms with Gasteiger partial charge in [-0.3, -0.25) is 0 Å². The molecule has 0 amide bonds. The van der Waals surface area contributed by atoms with Gasteiger partial charge in [0.1, 0.15) is 12.1 Å². The Morgan fingerprint density at radius 2 is 2.18 bits per heavy atom. The smallest absolute Gasteiger partial charge is 0.137 e. The average molecular weight is 230 g/mol. The predicted octanol–water partition coefficient (Wildman–Crippen LogP) is 0.489. The molecule has 0 fully saturated rings. The van der Waals surface area contributed by atoms with Gasteiger partial charge >= 0.3 is 0 Å². The molecule has 0 aliphatic carbocycles. The zero-order chi connectivity index (χ0) is 12.4. The van der Waals surface area contributed by atoms with Crippen LogP contribution in [0.1, 0.15) is 12.5 Å². The fraction of sp³-hybridized carbons (Fsp3) is 0.250. The van der Waals surface area contributed by atoms with Crippen molar-refractivity contribution >= 4 is 22.7 Å². The minimum atomic E-state index is -1.16. The SMILES string of the molecule is Cc1ccc2ncnc(NC(C)C(=O)[O-])c2c1. The van der Waals surface area contributed by atoms with Gasteiger partial charge in [-0.05, 0) is 26.0 Å². The zero-order valence-corrected chi connectivity index (χ0v) is 9.60. The number of hydrogen-bond acceptors (Lipinski definition) is 5. The molecule has 0 spiro atoms. The molecule has 88 valence electrons. The third kappa shape index (κ3) is 2.33. The van der Waals surface area contributed by atoms with Crippen LogP contribution < -0.4 is 10.4 Å². The molecule has 1 atom stereocenters. The van der Waals surface area contributed by atoms with E-state index in [2.05, 4.69) is 15.3 Å². The topological polar surface area (TPSA) is 77.9 Å². The van der Waals surface area contributed by atoms with Crippen LogP contribution in [-0.2, 0) is 4.79 Å². The highest BCUT2D eigenvalue weighted by molar-refractivity contribution is 5.90. The summed E-state index contributed by atoms with van der Waals surface area (Å²) in [5.41, 5.74) is 1.84. The molecular weight excluding hydrogens is 218 g/mol. The second kappa shape index (κ2) is 4.37. The number of aromatic nitrogens is 2. The van der Waals surface area contributed by atoms with Crippen molar-refractivity contribution in [2.24, 2.45) is 0 Å². The van der Waals surface area contributed by atoms with Gasteiger partial charge < -0.3 is 15.2 Å². The molecule has 0 aliphatic heterocycles. The van der Waals surface area contributed by atoms with E-state index in [1.54, 1.807) is 0 Å². The number of nitrogens with one attached hydrogen (secondary N) is 1. The van der Waals surface area contributed by atoms with Gasteiger partial charge in [-0.1, -0.05) is 11.6 Å². The van der Waals surface area contributed by atoms with E-state index >= 15 is 0 Å². The number of nitrogens with zero attached hydrogens (tertiary/aromatic N) is 2. The molecule has 0 radical (unpaired) electrons. The van der Waals surface area contributed by atoms with E-state index in [-0.39, 0.29) is 0 Å². The Morgan fingerprint density at radius 3 is 2.88 bits per heavy atom. The molecule has 1 heterocycles. The van der Waals surface area contributed by atoms with E-state index in [1.807, 2.05) is 25.1 Å². The molecular formula is C12H12N3O2-. The van der Waals surface area contributed by atoms with E-state index in [9.17, 15) is 9.90 Å². The monoisotopic (exact) mass is 230 g/mol. The van der Waals surface area contributed by atoms with Crippen molar-refractivity contribution in [1.82, 2.24) is 9.97 Å². The lowest BCUT2D eigenvalue weighted by Crippen LogP contribution is -2.38. The Hall–Kier alpha value is -2.17. The summed E-state index contributed by atoms with van der Waals surface area (Å²) in [6, 6.07) is 4.94. The average Bonchev–Trinajstić information content (AvgIpc) is 2.29. The summed E-state index contributed by atoms with van der Waals surface area (Å²) < 4.78 is 0. The number of carboxylic acids is 1. The minimum Gasteiger partial charge on any atom is -0.548 e. The molecule has 1 N–H and O–H groups in total. The van der Waals surface area contributed by atoms with Crippen LogP contribution in [0.25, 0.3) is 10.9 Å². The van der Waals surface area contributed by atoms with Crippen LogP contribution in [0.2, 0.25) is 0 Å². The summed E-state index contributed by atoms with van der Waals surface area (Å²) >= 11 is 0. The van der Waals surface area contributed by atoms with Gasteiger partial charge in [-0.25, -0.2) is 9.97 Å². The number of carbonyl (C=O) groups excluding carboxylic acids is 1. The quantitative estimate of drug-likeness (QED) is 0.830. The number of hydrogen-bond donors (Lipinski definition) is 1. The maximum absolute atomic E-state index is 10.7. The lowest BCUT2D eigenvalue weighted by molar-refractivity contribution is -0.306. The normalized spacial score (nSPS) is 12.4. The predicted molar refractivity (Wildman–Crippen MR) is 62.4 cm³/mol. The van der Waals surface area contributed by atoms with Gasteiger partial charge in [-0.15, -0.1) is 0 Å². The number of carboxylic acid groups (broad SMARTS) is 1. The fourth-order valence-electron chi connectivity index (χ4n) is 1.55. The van der Waals surface area contributed by atoms with Crippen molar-refractivity contribution in [3.8, 4) is 0 Å². The van der Waals surface area contributed by atoms with Gasteiger partial charge in [0.25, 0.3) is 0 Å². The number of carbonyl (C=O) groups is 1. The van der Waals surface area contributed by atoms with E-state index in [0.29, 0.717) is 5.82 Å². The van der Waals surface area contributed by atoms with E-state index < -0.39 is 12.0 Å². The zero-order valence-electron chi connectivity index (χ0n) is 9.60. The molecule has 5 heteroatoms. The number of benzene rings is 1. The third-order valence-electron chi connectivity index (χ3n) is 2.50.